The SMILES string of the molecule is COC(=O)CS(=O)(=O)Nc1cc(Cl)ccc1C#CCO. The van der Waals surface area contributed by atoms with Crippen LogP contribution in [0.2, 0.25) is 5.02 Å². The van der Waals surface area contributed by atoms with E-state index in [0.29, 0.717) is 10.6 Å². The number of benzene rings is 1. The molecule has 0 atom stereocenters. The molecule has 8 heteroatoms. The van der Waals surface area contributed by atoms with Gasteiger partial charge in [0.2, 0.25) is 10.0 Å². The Labute approximate surface area is 121 Å². The average Bonchev–Trinajstić information content (AvgIpc) is 2.36. The van der Waals surface area contributed by atoms with Crippen molar-refractivity contribution >= 4 is 33.3 Å². The topological polar surface area (TPSA) is 92.7 Å². The van der Waals surface area contributed by atoms with Gasteiger partial charge < -0.3 is 9.84 Å². The largest absolute Gasteiger partial charge is 0.468 e. The maximum absolute atomic E-state index is 11.8. The van der Waals surface area contributed by atoms with Crippen molar-refractivity contribution in [2.75, 3.05) is 24.2 Å². The number of aliphatic hydroxyl groups excluding tert-OH is 1. The Morgan fingerprint density at radius 1 is 1.50 bits per heavy atom. The van der Waals surface area contributed by atoms with Crippen LogP contribution < -0.4 is 4.72 Å². The Kier molecular flexibility index (Phi) is 5.82. The van der Waals surface area contributed by atoms with Crippen molar-refractivity contribution in [2.45, 2.75) is 0 Å². The van der Waals surface area contributed by atoms with Gasteiger partial charge in [-0.1, -0.05) is 23.4 Å². The molecule has 1 rings (SSSR count). The molecule has 0 saturated carbocycles. The van der Waals surface area contributed by atoms with E-state index in [1.54, 1.807) is 0 Å². The Bertz CT molecular complexity index is 660. The fourth-order valence-corrected chi connectivity index (χ4v) is 2.44. The maximum Gasteiger partial charge on any atom is 0.322 e. The molecule has 2 N–H and O–H groups in total. The van der Waals surface area contributed by atoms with Gasteiger partial charge in [-0.2, -0.15) is 0 Å². The Hall–Kier alpha value is -1.75. The summed E-state index contributed by atoms with van der Waals surface area (Å²) < 4.78 is 30.0. The van der Waals surface area contributed by atoms with Crippen molar-refractivity contribution in [2.24, 2.45) is 0 Å². The molecule has 0 radical (unpaired) electrons. The van der Waals surface area contributed by atoms with Crippen molar-refractivity contribution in [3.63, 3.8) is 0 Å². The summed E-state index contributed by atoms with van der Waals surface area (Å²) in [5.74, 6) is 3.27. The molecule has 0 heterocycles. The number of ether oxygens (including phenoxy) is 1. The van der Waals surface area contributed by atoms with Gasteiger partial charge in [-0.3, -0.25) is 9.52 Å². The van der Waals surface area contributed by atoms with E-state index >= 15 is 0 Å². The standard InChI is InChI=1S/C12H12ClNO5S/c1-19-12(16)8-20(17,18)14-11-7-10(13)5-4-9(11)3-2-6-15/h4-5,7,14-15H,6,8H2,1H3. The minimum atomic E-state index is -3.92. The highest BCUT2D eigenvalue weighted by Crippen LogP contribution is 2.21. The summed E-state index contributed by atoms with van der Waals surface area (Å²) in [5, 5.41) is 8.96. The van der Waals surface area contributed by atoms with Crippen LogP contribution in [0.1, 0.15) is 5.56 Å². The van der Waals surface area contributed by atoms with Crippen molar-refractivity contribution in [1.82, 2.24) is 0 Å². The van der Waals surface area contributed by atoms with Crippen LogP contribution in [0.25, 0.3) is 0 Å². The number of anilines is 1. The molecule has 6 nitrogen and oxygen atoms in total. The Morgan fingerprint density at radius 3 is 2.80 bits per heavy atom. The molecule has 20 heavy (non-hydrogen) atoms. The van der Waals surface area contributed by atoms with E-state index in [4.69, 9.17) is 16.7 Å². The van der Waals surface area contributed by atoms with Gasteiger partial charge >= 0.3 is 5.97 Å². The number of hydrogen-bond acceptors (Lipinski definition) is 5. The van der Waals surface area contributed by atoms with Gasteiger partial charge in [0.15, 0.2) is 5.75 Å². The summed E-state index contributed by atoms with van der Waals surface area (Å²) in [5.41, 5.74) is 0.458. The highest BCUT2D eigenvalue weighted by atomic mass is 35.5. The fraction of sp³-hybridized carbons (Fsp3) is 0.250. The minimum Gasteiger partial charge on any atom is -0.468 e. The summed E-state index contributed by atoms with van der Waals surface area (Å²) in [6.07, 6.45) is 0. The molecule has 108 valence electrons. The van der Waals surface area contributed by atoms with E-state index in [1.807, 2.05) is 0 Å². The van der Waals surface area contributed by atoms with Crippen LogP contribution >= 0.6 is 11.6 Å². The molecule has 0 spiro atoms. The van der Waals surface area contributed by atoms with Crippen LogP contribution in [0.5, 0.6) is 0 Å². The molecule has 0 saturated heterocycles. The molecule has 0 amide bonds. The van der Waals surface area contributed by atoms with Crippen molar-refractivity contribution in [1.29, 1.82) is 0 Å². The molecule has 0 fully saturated rings. The number of nitrogens with one attached hydrogen (secondary N) is 1. The van der Waals surface area contributed by atoms with E-state index < -0.39 is 21.7 Å². The first-order valence-corrected chi connectivity index (χ1v) is 7.37. The lowest BCUT2D eigenvalue weighted by molar-refractivity contribution is -0.137. The number of carbonyl (C=O) groups is 1. The fourth-order valence-electron chi connectivity index (χ4n) is 1.26. The van der Waals surface area contributed by atoms with Gasteiger partial charge in [0, 0.05) is 10.6 Å². The van der Waals surface area contributed by atoms with E-state index in [2.05, 4.69) is 21.3 Å². The number of aliphatic hydroxyl groups is 1. The van der Waals surface area contributed by atoms with Crippen LogP contribution in [0, 0.1) is 11.8 Å². The van der Waals surface area contributed by atoms with E-state index in [1.165, 1.54) is 18.2 Å². The Balaban J connectivity index is 3.07. The first kappa shape index (κ1) is 16.3. The summed E-state index contributed by atoms with van der Waals surface area (Å²) >= 11 is 5.79. The molecule has 0 aliphatic heterocycles. The number of esters is 1. The summed E-state index contributed by atoms with van der Waals surface area (Å²) in [7, 11) is -2.83. The second kappa shape index (κ2) is 7.14. The lowest BCUT2D eigenvalue weighted by atomic mass is 10.2. The van der Waals surface area contributed by atoms with Crippen LogP contribution in [0.4, 0.5) is 5.69 Å². The van der Waals surface area contributed by atoms with Crippen molar-refractivity contribution in [3.8, 4) is 11.8 Å². The van der Waals surface area contributed by atoms with Gasteiger partial charge in [-0.15, -0.1) is 0 Å². The predicted octanol–water partition coefficient (Wildman–Crippen LogP) is 0.598. The number of methoxy groups -OCH3 is 1. The van der Waals surface area contributed by atoms with Gasteiger partial charge in [0.25, 0.3) is 0 Å². The second-order valence-electron chi connectivity index (χ2n) is 3.59. The summed E-state index contributed by atoms with van der Waals surface area (Å²) in [6, 6.07) is 4.39. The van der Waals surface area contributed by atoms with E-state index in [-0.39, 0.29) is 12.3 Å². The van der Waals surface area contributed by atoms with E-state index in [9.17, 15) is 13.2 Å². The van der Waals surface area contributed by atoms with Gasteiger partial charge in [0.1, 0.15) is 6.61 Å². The highest BCUT2D eigenvalue weighted by Gasteiger charge is 2.18. The molecular formula is C12H12ClNO5S. The summed E-state index contributed by atoms with van der Waals surface area (Å²) in [6.45, 7) is -0.364. The van der Waals surface area contributed by atoms with E-state index in [0.717, 1.165) is 7.11 Å². The Morgan fingerprint density at radius 2 is 2.20 bits per heavy atom. The molecule has 0 aliphatic carbocycles. The average molecular weight is 318 g/mol. The zero-order valence-electron chi connectivity index (χ0n) is 10.5. The van der Waals surface area contributed by atoms with Crippen LogP contribution in [0.3, 0.4) is 0 Å². The van der Waals surface area contributed by atoms with Crippen LogP contribution in [0.15, 0.2) is 18.2 Å². The van der Waals surface area contributed by atoms with Crippen LogP contribution in [-0.2, 0) is 19.6 Å². The third-order valence-electron chi connectivity index (χ3n) is 2.08. The first-order valence-electron chi connectivity index (χ1n) is 5.34. The number of rotatable bonds is 4. The number of sulfonamides is 1. The van der Waals surface area contributed by atoms with Crippen molar-refractivity contribution in [3.05, 3.63) is 28.8 Å². The van der Waals surface area contributed by atoms with Crippen LogP contribution in [-0.4, -0.2) is 39.0 Å². The predicted molar refractivity (Wildman–Crippen MR) is 74.8 cm³/mol. The number of carbonyl (C=O) groups excluding carboxylic acids is 1. The number of halogens is 1. The monoisotopic (exact) mass is 317 g/mol. The molecular weight excluding hydrogens is 306 g/mol. The first-order chi connectivity index (χ1) is 9.38. The zero-order valence-corrected chi connectivity index (χ0v) is 12.1. The quantitative estimate of drug-likeness (QED) is 0.626. The van der Waals surface area contributed by atoms with Gasteiger partial charge in [0.05, 0.1) is 12.8 Å². The molecule has 0 bridgehead atoms. The zero-order chi connectivity index (χ0) is 15.2. The molecule has 1 aromatic carbocycles. The molecule has 1 aromatic rings. The lowest BCUT2D eigenvalue weighted by Gasteiger charge is -2.09. The third kappa shape index (κ3) is 5.09. The summed E-state index contributed by atoms with van der Waals surface area (Å²) in [4.78, 5) is 11.0. The lowest BCUT2D eigenvalue weighted by Crippen LogP contribution is -2.24. The molecule has 0 aliphatic rings. The normalized spacial score (nSPS) is 10.3. The molecule has 0 unspecified atom stereocenters. The minimum absolute atomic E-state index is 0.127. The molecule has 0 aromatic heterocycles. The smallest absolute Gasteiger partial charge is 0.322 e. The maximum atomic E-state index is 11.8. The van der Waals surface area contributed by atoms with Gasteiger partial charge in [-0.25, -0.2) is 8.42 Å². The third-order valence-corrected chi connectivity index (χ3v) is 3.47. The highest BCUT2D eigenvalue weighted by molar-refractivity contribution is 7.93. The second-order valence-corrected chi connectivity index (χ2v) is 5.75. The number of hydrogen-bond donors (Lipinski definition) is 2. The van der Waals surface area contributed by atoms with Crippen molar-refractivity contribution < 1.29 is 23.1 Å². The van der Waals surface area contributed by atoms with Gasteiger partial charge in [-0.05, 0) is 18.2 Å².